The van der Waals surface area contributed by atoms with Crippen LogP contribution in [0.4, 0.5) is 5.82 Å². The van der Waals surface area contributed by atoms with Gasteiger partial charge in [-0.25, -0.2) is 9.00 Å². The summed E-state index contributed by atoms with van der Waals surface area (Å²) in [6.45, 7) is 0. The third-order valence-electron chi connectivity index (χ3n) is 0.962. The summed E-state index contributed by atoms with van der Waals surface area (Å²) < 4.78 is 19.3. The minimum Gasteiger partial charge on any atom is -0.383 e. The fourth-order valence-corrected chi connectivity index (χ4v) is 0.863. The van der Waals surface area contributed by atoms with Crippen molar-refractivity contribution >= 4 is 17.1 Å². The van der Waals surface area contributed by atoms with Gasteiger partial charge in [-0.05, 0) is 6.07 Å². The summed E-state index contributed by atoms with van der Waals surface area (Å²) in [4.78, 5) is 13.9. The van der Waals surface area contributed by atoms with E-state index in [1.165, 1.54) is 6.07 Å². The molecule has 60 valence electrons. The molecule has 0 aliphatic rings. The van der Waals surface area contributed by atoms with E-state index in [4.69, 9.17) is 10.3 Å². The zero-order chi connectivity index (χ0) is 8.43. The van der Waals surface area contributed by atoms with E-state index in [0.29, 0.717) is 3.97 Å². The van der Waals surface area contributed by atoms with Crippen LogP contribution < -0.4 is 11.4 Å². The van der Waals surface area contributed by atoms with Crippen molar-refractivity contribution in [2.45, 2.75) is 0 Å². The minimum absolute atomic E-state index is 0.0247. The predicted octanol–water partition coefficient (Wildman–Crippen LogP) is -1.19. The normalized spacial score (nSPS) is 12.8. The lowest BCUT2D eigenvalue weighted by molar-refractivity contribution is 0.551. The largest absolute Gasteiger partial charge is 0.383 e. The number of hydrogen-bond donors (Lipinski definition) is 2. The first-order valence-electron chi connectivity index (χ1n) is 2.58. The third-order valence-corrected chi connectivity index (χ3v) is 1.58. The number of nitrogen functional groups attached to an aromatic ring is 1. The molecule has 1 atom stereocenters. The van der Waals surface area contributed by atoms with Crippen molar-refractivity contribution in [2.24, 2.45) is 0 Å². The molecule has 1 rings (SSSR count). The molecule has 6 nitrogen and oxygen atoms in total. The molecule has 3 N–H and O–H groups in total. The second kappa shape index (κ2) is 2.81. The van der Waals surface area contributed by atoms with Crippen molar-refractivity contribution in [3.8, 4) is 0 Å². The molecule has 0 saturated carbocycles. The summed E-state index contributed by atoms with van der Waals surface area (Å²) >= 11 is -2.36. The maximum Gasteiger partial charge on any atom is 0.363 e. The van der Waals surface area contributed by atoms with Gasteiger partial charge in [0.15, 0.2) is 0 Å². The SMILES string of the molecule is Nc1ccn(S(=O)O)c(=O)n1. The fraction of sp³-hybridized carbons (Fsp3) is 0. The number of nitrogens with zero attached hydrogens (tertiary/aromatic N) is 2. The smallest absolute Gasteiger partial charge is 0.363 e. The van der Waals surface area contributed by atoms with Gasteiger partial charge in [-0.15, -0.1) is 0 Å². The Hall–Kier alpha value is -1.21. The molecule has 0 bridgehead atoms. The Morgan fingerprint density at radius 3 is 2.82 bits per heavy atom. The summed E-state index contributed by atoms with van der Waals surface area (Å²) in [6.07, 6.45) is 1.10. The van der Waals surface area contributed by atoms with Crippen LogP contribution in [0.2, 0.25) is 0 Å². The fourth-order valence-electron chi connectivity index (χ4n) is 0.524. The monoisotopic (exact) mass is 175 g/mol. The van der Waals surface area contributed by atoms with Gasteiger partial charge in [0.2, 0.25) is 0 Å². The van der Waals surface area contributed by atoms with Crippen LogP contribution in [0.15, 0.2) is 17.1 Å². The lowest BCUT2D eigenvalue weighted by atomic mass is 10.6. The zero-order valence-electron chi connectivity index (χ0n) is 5.30. The van der Waals surface area contributed by atoms with Gasteiger partial charge < -0.3 is 5.73 Å². The summed E-state index contributed by atoms with van der Waals surface area (Å²) in [7, 11) is 0. The van der Waals surface area contributed by atoms with Gasteiger partial charge in [-0.1, -0.05) is 0 Å². The van der Waals surface area contributed by atoms with E-state index in [2.05, 4.69) is 4.98 Å². The summed E-state index contributed by atoms with van der Waals surface area (Å²) in [5.74, 6) is 0.0247. The molecule has 0 aliphatic carbocycles. The molecular weight excluding hydrogens is 170 g/mol. The number of rotatable bonds is 1. The molecule has 0 fully saturated rings. The van der Waals surface area contributed by atoms with E-state index in [9.17, 15) is 9.00 Å². The first kappa shape index (κ1) is 7.89. The lowest BCUT2D eigenvalue weighted by Crippen LogP contribution is -2.25. The second-order valence-corrected chi connectivity index (χ2v) is 2.55. The second-order valence-electron chi connectivity index (χ2n) is 1.69. The highest BCUT2D eigenvalue weighted by molar-refractivity contribution is 7.77. The standard InChI is InChI=1S/C4H5N3O3S/c5-3-1-2-7(11(9)10)4(8)6-3/h1-2H,(H,9,10)(H2,5,6,8). The maximum atomic E-state index is 10.7. The van der Waals surface area contributed by atoms with Crippen molar-refractivity contribution in [2.75, 3.05) is 5.73 Å². The van der Waals surface area contributed by atoms with Gasteiger partial charge in [-0.2, -0.15) is 8.96 Å². The topological polar surface area (TPSA) is 98.2 Å². The van der Waals surface area contributed by atoms with Crippen LogP contribution in [0.25, 0.3) is 0 Å². The van der Waals surface area contributed by atoms with Gasteiger partial charge in [0.25, 0.3) is 11.3 Å². The quantitative estimate of drug-likeness (QED) is 0.523. The molecule has 1 aromatic rings. The molecule has 0 amide bonds. The van der Waals surface area contributed by atoms with Gasteiger partial charge in [0.05, 0.1) is 0 Å². The number of anilines is 1. The lowest BCUT2D eigenvalue weighted by Gasteiger charge is -1.96. The van der Waals surface area contributed by atoms with Gasteiger partial charge >= 0.3 is 5.69 Å². The molecule has 1 heterocycles. The highest BCUT2D eigenvalue weighted by Gasteiger charge is 2.00. The first-order chi connectivity index (χ1) is 5.11. The molecule has 7 heteroatoms. The highest BCUT2D eigenvalue weighted by Crippen LogP contribution is 1.89. The Balaban J connectivity index is 3.32. The third kappa shape index (κ3) is 1.63. The highest BCUT2D eigenvalue weighted by atomic mass is 32.2. The molecule has 0 spiro atoms. The number of hydrogen-bond acceptors (Lipinski definition) is 4. The van der Waals surface area contributed by atoms with E-state index in [0.717, 1.165) is 6.20 Å². The predicted molar refractivity (Wildman–Crippen MR) is 39.1 cm³/mol. The number of aromatic nitrogens is 2. The van der Waals surface area contributed by atoms with Crippen molar-refractivity contribution < 1.29 is 8.76 Å². The Morgan fingerprint density at radius 1 is 1.73 bits per heavy atom. The minimum atomic E-state index is -2.36. The van der Waals surface area contributed by atoms with Gasteiger partial charge in [-0.3, -0.25) is 4.55 Å². The first-order valence-corrected chi connectivity index (χ1v) is 3.64. The molecule has 0 aliphatic heterocycles. The Kier molecular flexibility index (Phi) is 2.01. The molecule has 0 radical (unpaired) electrons. The van der Waals surface area contributed by atoms with Crippen molar-refractivity contribution in [1.82, 2.24) is 8.96 Å². The van der Waals surface area contributed by atoms with Gasteiger partial charge in [0, 0.05) is 6.20 Å². The van der Waals surface area contributed by atoms with Crippen molar-refractivity contribution in [3.05, 3.63) is 22.7 Å². The average molecular weight is 175 g/mol. The maximum absolute atomic E-state index is 10.7. The van der Waals surface area contributed by atoms with Crippen LogP contribution in [0, 0.1) is 0 Å². The van der Waals surface area contributed by atoms with Crippen LogP contribution in [-0.4, -0.2) is 17.7 Å². The Morgan fingerprint density at radius 2 is 2.36 bits per heavy atom. The molecule has 1 aromatic heterocycles. The van der Waals surface area contributed by atoms with E-state index in [1.54, 1.807) is 0 Å². The number of nitrogens with two attached hydrogens (primary N) is 1. The molecule has 0 saturated heterocycles. The Labute approximate surface area is 64.1 Å². The summed E-state index contributed by atoms with van der Waals surface area (Å²) in [5, 5.41) is 0. The summed E-state index contributed by atoms with van der Waals surface area (Å²) in [5.41, 5.74) is 4.28. The van der Waals surface area contributed by atoms with E-state index < -0.39 is 17.0 Å². The molecule has 1 unspecified atom stereocenters. The Bertz CT molecular complexity index is 347. The van der Waals surface area contributed by atoms with Crippen LogP contribution in [0.3, 0.4) is 0 Å². The summed E-state index contributed by atoms with van der Waals surface area (Å²) in [6, 6.07) is 1.26. The van der Waals surface area contributed by atoms with Crippen molar-refractivity contribution in [1.29, 1.82) is 0 Å². The van der Waals surface area contributed by atoms with E-state index in [1.807, 2.05) is 0 Å². The average Bonchev–Trinajstić information content (AvgIpc) is 1.85. The van der Waals surface area contributed by atoms with E-state index in [-0.39, 0.29) is 5.82 Å². The van der Waals surface area contributed by atoms with E-state index >= 15 is 0 Å². The van der Waals surface area contributed by atoms with Crippen LogP contribution >= 0.6 is 0 Å². The van der Waals surface area contributed by atoms with Crippen LogP contribution in [0.1, 0.15) is 0 Å². The molecule has 0 aromatic carbocycles. The van der Waals surface area contributed by atoms with Crippen molar-refractivity contribution in [3.63, 3.8) is 0 Å². The van der Waals surface area contributed by atoms with Crippen LogP contribution in [0.5, 0.6) is 0 Å². The van der Waals surface area contributed by atoms with Crippen LogP contribution in [-0.2, 0) is 11.3 Å². The molecule has 11 heavy (non-hydrogen) atoms. The zero-order valence-corrected chi connectivity index (χ0v) is 6.11. The van der Waals surface area contributed by atoms with Gasteiger partial charge in [0.1, 0.15) is 5.82 Å². The molecular formula is C4H5N3O3S.